The summed E-state index contributed by atoms with van der Waals surface area (Å²) in [5, 5.41) is 13.0. The Morgan fingerprint density at radius 1 is 1.44 bits per heavy atom. The smallest absolute Gasteiger partial charge is 0.132 e. The average Bonchev–Trinajstić information content (AvgIpc) is 2.73. The van der Waals surface area contributed by atoms with Gasteiger partial charge in [-0.3, -0.25) is 4.99 Å². The Morgan fingerprint density at radius 3 is 2.88 bits per heavy atom. The van der Waals surface area contributed by atoms with Crippen LogP contribution in [0, 0.1) is 5.92 Å². The van der Waals surface area contributed by atoms with E-state index >= 15 is 0 Å². The van der Waals surface area contributed by atoms with Crippen LogP contribution in [0.1, 0.15) is 25.0 Å². The summed E-state index contributed by atoms with van der Waals surface area (Å²) in [6.45, 7) is 6.04. The standard InChI is InChI=1S/C13H18N2O/c1-9(2)7-10-3-4-12(16)11(8-10)13-14-5-6-15-13/h3-4,8-9,16H,5-7H2,1-2H3,(H,14,15). The molecule has 0 unspecified atom stereocenters. The highest BCUT2D eigenvalue weighted by Gasteiger charge is 2.13. The number of phenolic OH excluding ortho intramolecular Hbond substituents is 1. The molecule has 16 heavy (non-hydrogen) atoms. The molecule has 0 saturated carbocycles. The van der Waals surface area contributed by atoms with Gasteiger partial charge in [-0.15, -0.1) is 0 Å². The van der Waals surface area contributed by atoms with Crippen LogP contribution >= 0.6 is 0 Å². The number of phenols is 1. The number of aromatic hydroxyl groups is 1. The van der Waals surface area contributed by atoms with Gasteiger partial charge < -0.3 is 10.4 Å². The molecule has 3 nitrogen and oxygen atoms in total. The molecule has 1 aliphatic rings. The summed E-state index contributed by atoms with van der Waals surface area (Å²) < 4.78 is 0. The molecule has 1 aromatic carbocycles. The summed E-state index contributed by atoms with van der Waals surface area (Å²) in [4.78, 5) is 4.33. The minimum atomic E-state index is 0.306. The molecule has 86 valence electrons. The lowest BCUT2D eigenvalue weighted by Gasteiger charge is -2.09. The molecule has 0 aliphatic carbocycles. The Kier molecular flexibility index (Phi) is 3.13. The van der Waals surface area contributed by atoms with E-state index in [1.165, 1.54) is 5.56 Å². The normalized spacial score (nSPS) is 15.1. The van der Waals surface area contributed by atoms with Crippen LogP contribution in [0.25, 0.3) is 0 Å². The first-order valence-electron chi connectivity index (χ1n) is 5.77. The number of nitrogens with zero attached hydrogens (tertiary/aromatic N) is 1. The Morgan fingerprint density at radius 2 is 2.25 bits per heavy atom. The lowest BCUT2D eigenvalue weighted by Crippen LogP contribution is -2.19. The van der Waals surface area contributed by atoms with Gasteiger partial charge in [0.15, 0.2) is 0 Å². The van der Waals surface area contributed by atoms with Gasteiger partial charge in [0, 0.05) is 6.54 Å². The van der Waals surface area contributed by atoms with E-state index in [1.807, 2.05) is 12.1 Å². The number of hydrogen-bond donors (Lipinski definition) is 2. The zero-order valence-corrected chi connectivity index (χ0v) is 9.83. The van der Waals surface area contributed by atoms with E-state index in [2.05, 4.69) is 24.2 Å². The summed E-state index contributed by atoms with van der Waals surface area (Å²) in [5.74, 6) is 1.75. The molecule has 1 aliphatic heterocycles. The number of rotatable bonds is 3. The van der Waals surface area contributed by atoms with E-state index in [1.54, 1.807) is 6.07 Å². The van der Waals surface area contributed by atoms with Gasteiger partial charge in [-0.1, -0.05) is 19.9 Å². The van der Waals surface area contributed by atoms with E-state index in [4.69, 9.17) is 0 Å². The summed E-state index contributed by atoms with van der Waals surface area (Å²) in [7, 11) is 0. The van der Waals surface area contributed by atoms with Crippen molar-refractivity contribution in [1.29, 1.82) is 0 Å². The molecule has 3 heteroatoms. The van der Waals surface area contributed by atoms with E-state index in [0.717, 1.165) is 30.9 Å². The van der Waals surface area contributed by atoms with Gasteiger partial charge in [0.1, 0.15) is 11.6 Å². The van der Waals surface area contributed by atoms with Crippen molar-refractivity contribution in [2.75, 3.05) is 13.1 Å². The van der Waals surface area contributed by atoms with Gasteiger partial charge >= 0.3 is 0 Å². The average molecular weight is 218 g/mol. The summed E-state index contributed by atoms with van der Waals surface area (Å²) >= 11 is 0. The molecule has 0 saturated heterocycles. The second kappa shape index (κ2) is 4.56. The third kappa shape index (κ3) is 2.35. The van der Waals surface area contributed by atoms with Gasteiger partial charge in [-0.25, -0.2) is 0 Å². The van der Waals surface area contributed by atoms with Crippen molar-refractivity contribution < 1.29 is 5.11 Å². The van der Waals surface area contributed by atoms with Crippen molar-refractivity contribution in [3.63, 3.8) is 0 Å². The van der Waals surface area contributed by atoms with Crippen LogP contribution < -0.4 is 5.32 Å². The molecule has 0 spiro atoms. The second-order valence-corrected chi connectivity index (χ2v) is 4.61. The number of amidine groups is 1. The highest BCUT2D eigenvalue weighted by molar-refractivity contribution is 6.02. The zero-order chi connectivity index (χ0) is 11.5. The van der Waals surface area contributed by atoms with Crippen molar-refractivity contribution in [3.8, 4) is 5.75 Å². The van der Waals surface area contributed by atoms with Crippen LogP contribution in [-0.4, -0.2) is 24.0 Å². The van der Waals surface area contributed by atoms with Gasteiger partial charge in [0.25, 0.3) is 0 Å². The first kappa shape index (κ1) is 11.0. The molecule has 1 heterocycles. The molecule has 2 rings (SSSR count). The molecule has 0 fully saturated rings. The fourth-order valence-corrected chi connectivity index (χ4v) is 1.95. The Balaban J connectivity index is 2.29. The van der Waals surface area contributed by atoms with Crippen LogP contribution in [0.2, 0.25) is 0 Å². The topological polar surface area (TPSA) is 44.6 Å². The molecule has 0 radical (unpaired) electrons. The number of nitrogens with one attached hydrogen (secondary N) is 1. The zero-order valence-electron chi connectivity index (χ0n) is 9.83. The summed E-state index contributed by atoms with van der Waals surface area (Å²) in [6, 6.07) is 5.77. The highest BCUT2D eigenvalue weighted by atomic mass is 16.3. The van der Waals surface area contributed by atoms with Crippen molar-refractivity contribution in [1.82, 2.24) is 5.32 Å². The van der Waals surface area contributed by atoms with Crippen molar-refractivity contribution in [2.24, 2.45) is 10.9 Å². The van der Waals surface area contributed by atoms with Crippen LogP contribution in [0.4, 0.5) is 0 Å². The number of hydrogen-bond acceptors (Lipinski definition) is 3. The Labute approximate surface area is 96.2 Å². The SMILES string of the molecule is CC(C)Cc1ccc(O)c(C2=NCCN2)c1. The van der Waals surface area contributed by atoms with E-state index in [0.29, 0.717) is 11.7 Å². The first-order chi connectivity index (χ1) is 7.66. The summed E-state index contributed by atoms with van der Waals surface area (Å²) in [6.07, 6.45) is 1.03. The Hall–Kier alpha value is -1.51. The lowest BCUT2D eigenvalue weighted by molar-refractivity contribution is 0.473. The minimum absolute atomic E-state index is 0.306. The molecule has 2 N–H and O–H groups in total. The largest absolute Gasteiger partial charge is 0.507 e. The lowest BCUT2D eigenvalue weighted by atomic mass is 10.00. The van der Waals surface area contributed by atoms with Crippen LogP contribution in [0.3, 0.4) is 0 Å². The molecule has 0 aromatic heterocycles. The third-order valence-electron chi connectivity index (χ3n) is 2.63. The fraction of sp³-hybridized carbons (Fsp3) is 0.462. The maximum absolute atomic E-state index is 9.81. The number of benzene rings is 1. The highest BCUT2D eigenvalue weighted by Crippen LogP contribution is 2.21. The first-order valence-corrected chi connectivity index (χ1v) is 5.77. The Bertz CT molecular complexity index is 410. The van der Waals surface area contributed by atoms with Gasteiger partial charge in [0.05, 0.1) is 12.1 Å². The van der Waals surface area contributed by atoms with E-state index in [-0.39, 0.29) is 0 Å². The molecule has 0 atom stereocenters. The van der Waals surface area contributed by atoms with Crippen LogP contribution in [0.5, 0.6) is 5.75 Å². The summed E-state index contributed by atoms with van der Waals surface area (Å²) in [5.41, 5.74) is 2.08. The predicted octanol–water partition coefficient (Wildman–Crippen LogP) is 1.94. The van der Waals surface area contributed by atoms with Crippen LogP contribution in [-0.2, 0) is 6.42 Å². The maximum atomic E-state index is 9.81. The molecular formula is C13H18N2O. The van der Waals surface area contributed by atoms with Crippen LogP contribution in [0.15, 0.2) is 23.2 Å². The van der Waals surface area contributed by atoms with Gasteiger partial charge in [0.2, 0.25) is 0 Å². The number of aliphatic imine (C=N–C) groups is 1. The van der Waals surface area contributed by atoms with Crippen molar-refractivity contribution >= 4 is 5.84 Å². The van der Waals surface area contributed by atoms with Crippen molar-refractivity contribution in [2.45, 2.75) is 20.3 Å². The van der Waals surface area contributed by atoms with Crippen molar-refractivity contribution in [3.05, 3.63) is 29.3 Å². The van der Waals surface area contributed by atoms with E-state index < -0.39 is 0 Å². The maximum Gasteiger partial charge on any atom is 0.132 e. The molecule has 1 aromatic rings. The predicted molar refractivity (Wildman–Crippen MR) is 66.1 cm³/mol. The van der Waals surface area contributed by atoms with Gasteiger partial charge in [-0.05, 0) is 30.0 Å². The quantitative estimate of drug-likeness (QED) is 0.814. The second-order valence-electron chi connectivity index (χ2n) is 4.61. The van der Waals surface area contributed by atoms with Gasteiger partial charge in [-0.2, -0.15) is 0 Å². The monoisotopic (exact) mass is 218 g/mol. The fourth-order valence-electron chi connectivity index (χ4n) is 1.95. The third-order valence-corrected chi connectivity index (χ3v) is 2.63. The van der Waals surface area contributed by atoms with E-state index in [9.17, 15) is 5.11 Å². The molecule has 0 bridgehead atoms. The minimum Gasteiger partial charge on any atom is -0.507 e. The molecule has 0 amide bonds. The molecular weight excluding hydrogens is 200 g/mol.